The predicted molar refractivity (Wildman–Crippen MR) is 118 cm³/mol. The molecule has 0 aliphatic heterocycles. The van der Waals surface area contributed by atoms with Gasteiger partial charge < -0.3 is 5.11 Å². The van der Waals surface area contributed by atoms with Gasteiger partial charge >= 0.3 is 0 Å². The maximum atomic E-state index is 11.5. The van der Waals surface area contributed by atoms with Crippen LogP contribution in [-0.2, 0) is 0 Å². The van der Waals surface area contributed by atoms with Gasteiger partial charge in [0.2, 0.25) is 0 Å². The van der Waals surface area contributed by atoms with E-state index in [0.29, 0.717) is 11.3 Å². The lowest BCUT2D eigenvalue weighted by atomic mass is 9.45. The first-order valence-corrected chi connectivity index (χ1v) is 12.5. The molecule has 30 heavy (non-hydrogen) atoms. The monoisotopic (exact) mass is 407 g/mol. The zero-order valence-corrected chi connectivity index (χ0v) is 18.6. The summed E-state index contributed by atoms with van der Waals surface area (Å²) in [6.07, 6.45) is 22.4. The molecule has 6 rings (SSSR count). The zero-order valence-electron chi connectivity index (χ0n) is 18.6. The standard InChI is InChI=1S/C26H37N3O/c1-25-13-6-5-9-18(25)10-11-19-20(25)12-14-26(2)21(19)15-23(24(26)30)29-16-22(27-28-29)17-7-3-4-8-17/h3-4,7-8,16-21,23-24,30H,5-6,9-15H2,1-2H3/t18-,19-,20+,21+,23+,24-,25+,26+/m1/s1. The summed E-state index contributed by atoms with van der Waals surface area (Å²) in [6, 6.07) is 0.0752. The zero-order chi connectivity index (χ0) is 20.5. The molecule has 5 aliphatic rings. The van der Waals surface area contributed by atoms with E-state index >= 15 is 0 Å². The first-order valence-electron chi connectivity index (χ1n) is 12.5. The summed E-state index contributed by atoms with van der Waals surface area (Å²) in [4.78, 5) is 0. The first kappa shape index (κ1) is 19.3. The van der Waals surface area contributed by atoms with Gasteiger partial charge in [0.05, 0.1) is 17.8 Å². The number of allylic oxidation sites excluding steroid dienone is 4. The SMILES string of the molecule is C[C@]12CCCC[C@@H]1CC[C@@H]1[C@@H]2CC[C@]2(C)[C@H](O)[C@@H](n3cc(C4C=CC=C4)nn3)C[C@@H]12. The number of aliphatic hydroxyl groups excluding tert-OH is 1. The number of hydrogen-bond donors (Lipinski definition) is 1. The van der Waals surface area contributed by atoms with Crippen molar-refractivity contribution >= 4 is 0 Å². The van der Waals surface area contributed by atoms with Gasteiger partial charge in [-0.2, -0.15) is 0 Å². The largest absolute Gasteiger partial charge is 0.390 e. The van der Waals surface area contributed by atoms with Gasteiger partial charge in [0.1, 0.15) is 0 Å². The maximum absolute atomic E-state index is 11.5. The Kier molecular flexibility index (Phi) is 4.36. The van der Waals surface area contributed by atoms with Gasteiger partial charge in [0.25, 0.3) is 0 Å². The number of fused-ring (bicyclic) bond motifs is 5. The van der Waals surface area contributed by atoms with Crippen molar-refractivity contribution in [3.8, 4) is 0 Å². The number of hydrogen-bond acceptors (Lipinski definition) is 3. The molecular formula is C26H37N3O. The van der Waals surface area contributed by atoms with E-state index in [2.05, 4.69) is 54.7 Å². The number of rotatable bonds is 2. The van der Waals surface area contributed by atoms with Crippen LogP contribution in [0.4, 0.5) is 0 Å². The van der Waals surface area contributed by atoms with Crippen LogP contribution in [0.2, 0.25) is 0 Å². The van der Waals surface area contributed by atoms with Crippen LogP contribution in [0.5, 0.6) is 0 Å². The third-order valence-electron chi connectivity index (χ3n) is 10.5. The Hall–Kier alpha value is -1.42. The van der Waals surface area contributed by atoms with Crippen molar-refractivity contribution in [2.24, 2.45) is 34.5 Å². The Morgan fingerprint density at radius 1 is 0.967 bits per heavy atom. The fourth-order valence-electron chi connectivity index (χ4n) is 8.77. The smallest absolute Gasteiger partial charge is 0.0933 e. The summed E-state index contributed by atoms with van der Waals surface area (Å²) in [6.45, 7) is 5.01. The van der Waals surface area contributed by atoms with E-state index < -0.39 is 0 Å². The molecule has 8 atom stereocenters. The fourth-order valence-corrected chi connectivity index (χ4v) is 8.77. The molecule has 1 heterocycles. The van der Waals surface area contributed by atoms with Gasteiger partial charge in [0, 0.05) is 12.1 Å². The highest BCUT2D eigenvalue weighted by molar-refractivity contribution is 5.29. The number of aromatic nitrogens is 3. The van der Waals surface area contributed by atoms with E-state index in [1.165, 1.54) is 51.4 Å². The Bertz CT molecular complexity index is 861. The van der Waals surface area contributed by atoms with Crippen molar-refractivity contribution in [1.29, 1.82) is 0 Å². The summed E-state index contributed by atoms with van der Waals surface area (Å²) in [5, 5.41) is 20.5. The molecule has 4 fully saturated rings. The van der Waals surface area contributed by atoms with Crippen molar-refractivity contribution in [2.45, 2.75) is 89.7 Å². The molecular weight excluding hydrogens is 370 g/mol. The Morgan fingerprint density at radius 3 is 2.63 bits per heavy atom. The van der Waals surface area contributed by atoms with Crippen molar-refractivity contribution < 1.29 is 5.11 Å². The van der Waals surface area contributed by atoms with Crippen LogP contribution in [0.3, 0.4) is 0 Å². The molecule has 0 unspecified atom stereocenters. The average molecular weight is 408 g/mol. The van der Waals surface area contributed by atoms with Crippen molar-refractivity contribution in [1.82, 2.24) is 15.0 Å². The Balaban J connectivity index is 1.28. The van der Waals surface area contributed by atoms with Crippen LogP contribution in [0.25, 0.3) is 0 Å². The van der Waals surface area contributed by atoms with E-state index in [1.54, 1.807) is 0 Å². The van der Waals surface area contributed by atoms with Gasteiger partial charge in [-0.1, -0.05) is 56.2 Å². The number of nitrogens with zero attached hydrogens (tertiary/aromatic N) is 3. The van der Waals surface area contributed by atoms with Crippen LogP contribution in [-0.4, -0.2) is 26.2 Å². The normalized spacial score (nSPS) is 47.8. The second kappa shape index (κ2) is 6.79. The predicted octanol–water partition coefficient (Wildman–Crippen LogP) is 5.43. The minimum Gasteiger partial charge on any atom is -0.390 e. The Labute approximate surface area is 180 Å². The highest BCUT2D eigenvalue weighted by Gasteiger charge is 2.62. The molecule has 0 bridgehead atoms. The minimum atomic E-state index is -0.315. The van der Waals surface area contributed by atoms with Crippen LogP contribution in [0.15, 0.2) is 30.5 Å². The second-order valence-electron chi connectivity index (χ2n) is 11.6. The molecule has 0 radical (unpaired) electrons. The molecule has 1 N–H and O–H groups in total. The van der Waals surface area contributed by atoms with Gasteiger partial charge in [-0.05, 0) is 79.4 Å². The second-order valence-corrected chi connectivity index (χ2v) is 11.6. The van der Waals surface area contributed by atoms with E-state index in [0.717, 1.165) is 29.9 Å². The summed E-state index contributed by atoms with van der Waals surface area (Å²) < 4.78 is 2.01. The van der Waals surface area contributed by atoms with Crippen LogP contribution in [0.1, 0.15) is 89.3 Å². The summed E-state index contributed by atoms with van der Waals surface area (Å²) in [7, 11) is 0. The van der Waals surface area contributed by atoms with E-state index in [-0.39, 0.29) is 23.5 Å². The van der Waals surface area contributed by atoms with Gasteiger partial charge in [0.15, 0.2) is 0 Å². The highest BCUT2D eigenvalue weighted by atomic mass is 16.3. The van der Waals surface area contributed by atoms with Crippen molar-refractivity contribution in [3.05, 3.63) is 36.2 Å². The molecule has 0 aromatic carbocycles. The quantitative estimate of drug-likeness (QED) is 0.711. The summed E-state index contributed by atoms with van der Waals surface area (Å²) >= 11 is 0. The molecule has 0 saturated heterocycles. The minimum absolute atomic E-state index is 0.0307. The molecule has 0 spiro atoms. The average Bonchev–Trinajstić information content (AvgIpc) is 3.47. The van der Waals surface area contributed by atoms with E-state index in [4.69, 9.17) is 0 Å². The third kappa shape index (κ3) is 2.61. The van der Waals surface area contributed by atoms with Crippen LogP contribution < -0.4 is 0 Å². The van der Waals surface area contributed by atoms with Gasteiger partial charge in [-0.15, -0.1) is 5.10 Å². The third-order valence-corrected chi connectivity index (χ3v) is 10.5. The molecule has 1 aromatic heterocycles. The lowest BCUT2D eigenvalue weighted by Crippen LogP contribution is -2.53. The lowest BCUT2D eigenvalue weighted by Gasteiger charge is -2.60. The maximum Gasteiger partial charge on any atom is 0.0933 e. The summed E-state index contributed by atoms with van der Waals surface area (Å²) in [5.74, 6) is 3.45. The molecule has 0 amide bonds. The summed E-state index contributed by atoms with van der Waals surface area (Å²) in [5.41, 5.74) is 1.58. The number of aliphatic hydroxyl groups is 1. The van der Waals surface area contributed by atoms with Gasteiger partial charge in [-0.25, -0.2) is 4.68 Å². The molecule has 5 aliphatic carbocycles. The molecule has 4 heteroatoms. The van der Waals surface area contributed by atoms with E-state index in [9.17, 15) is 5.11 Å². The van der Waals surface area contributed by atoms with Crippen molar-refractivity contribution in [2.75, 3.05) is 0 Å². The molecule has 162 valence electrons. The Morgan fingerprint density at radius 2 is 1.80 bits per heavy atom. The topological polar surface area (TPSA) is 50.9 Å². The van der Waals surface area contributed by atoms with Gasteiger partial charge in [-0.3, -0.25) is 0 Å². The highest BCUT2D eigenvalue weighted by Crippen LogP contribution is 2.67. The molecule has 4 saturated carbocycles. The van der Waals surface area contributed by atoms with Crippen LogP contribution >= 0.6 is 0 Å². The molecule has 4 nitrogen and oxygen atoms in total. The van der Waals surface area contributed by atoms with Crippen LogP contribution in [0, 0.1) is 34.5 Å². The molecule has 1 aromatic rings. The lowest BCUT2D eigenvalue weighted by molar-refractivity contribution is -0.121. The van der Waals surface area contributed by atoms with E-state index in [1.807, 2.05) is 4.68 Å². The first-order chi connectivity index (χ1) is 14.5. The fraction of sp³-hybridized carbons (Fsp3) is 0.769. The van der Waals surface area contributed by atoms with Crippen molar-refractivity contribution in [3.63, 3.8) is 0 Å².